The predicted molar refractivity (Wildman–Crippen MR) is 107 cm³/mol. The van der Waals surface area contributed by atoms with Gasteiger partial charge in [0.25, 0.3) is 5.56 Å². The van der Waals surface area contributed by atoms with Crippen molar-refractivity contribution < 1.29 is 0 Å². The third-order valence-corrected chi connectivity index (χ3v) is 4.35. The van der Waals surface area contributed by atoms with Crippen LogP contribution in [0.4, 0.5) is 5.69 Å². The van der Waals surface area contributed by atoms with Gasteiger partial charge in [-0.25, -0.2) is 4.99 Å². The lowest BCUT2D eigenvalue weighted by Gasteiger charge is -2.08. The Morgan fingerprint density at radius 2 is 1.42 bits per heavy atom. The van der Waals surface area contributed by atoms with Crippen molar-refractivity contribution in [2.24, 2.45) is 4.99 Å². The van der Waals surface area contributed by atoms with Crippen LogP contribution in [0.3, 0.4) is 0 Å². The van der Waals surface area contributed by atoms with Crippen LogP contribution in [0.2, 0.25) is 0 Å². The van der Waals surface area contributed by atoms with Gasteiger partial charge in [-0.05, 0) is 30.5 Å². The highest BCUT2D eigenvalue weighted by atomic mass is 16.1. The molecule has 0 radical (unpaired) electrons. The summed E-state index contributed by atoms with van der Waals surface area (Å²) in [5, 5.41) is 1.00. The number of pyridine rings is 1. The molecular weight excluding hydrogens is 320 g/mol. The fourth-order valence-corrected chi connectivity index (χ4v) is 2.98. The number of aliphatic imine (C=N–C) groups is 1. The molecule has 1 heterocycles. The summed E-state index contributed by atoms with van der Waals surface area (Å²) in [5.74, 6) is 0. The quantitative estimate of drug-likeness (QED) is 0.525. The monoisotopic (exact) mass is 338 g/mol. The van der Waals surface area contributed by atoms with Gasteiger partial charge < -0.3 is 4.98 Å². The van der Waals surface area contributed by atoms with Crippen LogP contribution in [0.15, 0.2) is 94.7 Å². The highest BCUT2D eigenvalue weighted by Gasteiger charge is 2.07. The Morgan fingerprint density at radius 1 is 0.808 bits per heavy atom. The molecule has 0 amide bonds. The van der Waals surface area contributed by atoms with Crippen LogP contribution < -0.4 is 5.56 Å². The van der Waals surface area contributed by atoms with Crippen molar-refractivity contribution in [2.75, 3.05) is 0 Å². The molecule has 0 bridgehead atoms. The SMILES string of the molecule is Cc1cc2ccc(N=C(c3ccccc3)c3ccccc3)cc2[nH]c1=O. The molecule has 0 aliphatic heterocycles. The standard InChI is InChI=1S/C23H18N2O/c1-16-14-19-12-13-20(15-21(19)25-23(16)26)24-22(17-8-4-2-5-9-17)18-10-6-3-7-11-18/h2-15H,1H3,(H,25,26). The molecule has 3 aromatic carbocycles. The van der Waals surface area contributed by atoms with E-state index in [0.717, 1.165) is 33.4 Å². The molecular formula is C23H18N2O. The Kier molecular flexibility index (Phi) is 4.20. The summed E-state index contributed by atoms with van der Waals surface area (Å²) in [6, 6.07) is 28.0. The number of aryl methyl sites for hydroxylation is 1. The normalized spacial score (nSPS) is 10.7. The zero-order valence-electron chi connectivity index (χ0n) is 14.4. The van der Waals surface area contributed by atoms with E-state index in [2.05, 4.69) is 29.2 Å². The molecule has 0 atom stereocenters. The van der Waals surface area contributed by atoms with Gasteiger partial charge in [-0.15, -0.1) is 0 Å². The first kappa shape index (κ1) is 16.0. The maximum absolute atomic E-state index is 11.9. The van der Waals surface area contributed by atoms with Crippen molar-refractivity contribution in [1.82, 2.24) is 4.98 Å². The molecule has 1 aromatic heterocycles. The van der Waals surface area contributed by atoms with Crippen LogP contribution in [0.5, 0.6) is 0 Å². The molecule has 0 unspecified atom stereocenters. The average molecular weight is 338 g/mol. The Labute approximate surface area is 151 Å². The van der Waals surface area contributed by atoms with Gasteiger partial charge >= 0.3 is 0 Å². The summed E-state index contributed by atoms with van der Waals surface area (Å²) in [7, 11) is 0. The molecule has 0 fully saturated rings. The highest BCUT2D eigenvalue weighted by molar-refractivity contribution is 6.14. The van der Waals surface area contributed by atoms with E-state index >= 15 is 0 Å². The summed E-state index contributed by atoms with van der Waals surface area (Å²) >= 11 is 0. The van der Waals surface area contributed by atoms with Gasteiger partial charge in [-0.1, -0.05) is 66.7 Å². The van der Waals surface area contributed by atoms with E-state index in [1.165, 1.54) is 0 Å². The zero-order chi connectivity index (χ0) is 17.9. The maximum atomic E-state index is 11.9. The van der Waals surface area contributed by atoms with Crippen molar-refractivity contribution >= 4 is 22.3 Å². The van der Waals surface area contributed by atoms with E-state index in [-0.39, 0.29) is 5.56 Å². The van der Waals surface area contributed by atoms with E-state index in [4.69, 9.17) is 4.99 Å². The van der Waals surface area contributed by atoms with Gasteiger partial charge in [0, 0.05) is 16.7 Å². The number of H-pyrrole nitrogens is 1. The van der Waals surface area contributed by atoms with Crippen LogP contribution >= 0.6 is 0 Å². The second-order valence-electron chi connectivity index (χ2n) is 6.25. The second-order valence-corrected chi connectivity index (χ2v) is 6.25. The molecule has 4 aromatic rings. The predicted octanol–water partition coefficient (Wildman–Crippen LogP) is 5.01. The van der Waals surface area contributed by atoms with E-state index < -0.39 is 0 Å². The Morgan fingerprint density at radius 3 is 2.04 bits per heavy atom. The Bertz CT molecular complexity index is 1100. The average Bonchev–Trinajstić information content (AvgIpc) is 2.68. The van der Waals surface area contributed by atoms with Gasteiger partial charge in [0.2, 0.25) is 0 Å². The molecule has 4 rings (SSSR count). The zero-order valence-corrected chi connectivity index (χ0v) is 14.4. The first-order valence-electron chi connectivity index (χ1n) is 8.54. The topological polar surface area (TPSA) is 45.2 Å². The van der Waals surface area contributed by atoms with Gasteiger partial charge in [0.1, 0.15) is 0 Å². The lowest BCUT2D eigenvalue weighted by atomic mass is 10.0. The minimum atomic E-state index is -0.0648. The second kappa shape index (κ2) is 6.81. The van der Waals surface area contributed by atoms with Crippen molar-refractivity contribution in [3.63, 3.8) is 0 Å². The van der Waals surface area contributed by atoms with Crippen LogP contribution in [0.25, 0.3) is 10.9 Å². The van der Waals surface area contributed by atoms with Gasteiger partial charge in [-0.3, -0.25) is 4.79 Å². The van der Waals surface area contributed by atoms with E-state index in [0.29, 0.717) is 5.56 Å². The first-order chi connectivity index (χ1) is 12.7. The molecule has 3 nitrogen and oxygen atoms in total. The maximum Gasteiger partial charge on any atom is 0.251 e. The summed E-state index contributed by atoms with van der Waals surface area (Å²) in [5.41, 5.74) is 5.25. The molecule has 0 spiro atoms. The fraction of sp³-hybridized carbons (Fsp3) is 0.0435. The molecule has 0 saturated carbocycles. The van der Waals surface area contributed by atoms with Crippen molar-refractivity contribution in [1.29, 1.82) is 0 Å². The van der Waals surface area contributed by atoms with Crippen molar-refractivity contribution in [3.05, 3.63) is 112 Å². The number of nitrogens with one attached hydrogen (secondary N) is 1. The number of rotatable bonds is 3. The number of fused-ring (bicyclic) bond motifs is 1. The number of aromatic nitrogens is 1. The van der Waals surface area contributed by atoms with Crippen molar-refractivity contribution in [2.45, 2.75) is 6.92 Å². The number of nitrogens with zero attached hydrogens (tertiary/aromatic N) is 1. The molecule has 26 heavy (non-hydrogen) atoms. The van der Waals surface area contributed by atoms with Gasteiger partial charge in [0.05, 0.1) is 16.9 Å². The molecule has 0 aliphatic rings. The number of benzene rings is 3. The first-order valence-corrected chi connectivity index (χ1v) is 8.54. The summed E-state index contributed by atoms with van der Waals surface area (Å²) < 4.78 is 0. The van der Waals surface area contributed by atoms with Crippen LogP contribution in [0, 0.1) is 6.92 Å². The third kappa shape index (κ3) is 3.20. The van der Waals surface area contributed by atoms with Gasteiger partial charge in [0.15, 0.2) is 0 Å². The summed E-state index contributed by atoms with van der Waals surface area (Å²) in [6.07, 6.45) is 0. The number of aromatic amines is 1. The summed E-state index contributed by atoms with van der Waals surface area (Å²) in [6.45, 7) is 1.81. The van der Waals surface area contributed by atoms with Crippen LogP contribution in [-0.4, -0.2) is 10.7 Å². The lowest BCUT2D eigenvalue weighted by molar-refractivity contribution is 1.23. The van der Waals surface area contributed by atoms with E-state index in [9.17, 15) is 4.79 Å². The van der Waals surface area contributed by atoms with Gasteiger partial charge in [-0.2, -0.15) is 0 Å². The third-order valence-electron chi connectivity index (χ3n) is 4.35. The smallest absolute Gasteiger partial charge is 0.251 e. The van der Waals surface area contributed by atoms with Crippen molar-refractivity contribution in [3.8, 4) is 0 Å². The number of hydrogen-bond acceptors (Lipinski definition) is 2. The number of hydrogen-bond donors (Lipinski definition) is 1. The highest BCUT2D eigenvalue weighted by Crippen LogP contribution is 2.22. The lowest BCUT2D eigenvalue weighted by Crippen LogP contribution is -2.08. The minimum absolute atomic E-state index is 0.0648. The largest absolute Gasteiger partial charge is 0.322 e. The molecule has 0 aliphatic carbocycles. The molecule has 126 valence electrons. The van der Waals surface area contributed by atoms with Crippen LogP contribution in [0.1, 0.15) is 16.7 Å². The molecule has 1 N–H and O–H groups in total. The van der Waals surface area contributed by atoms with E-state index in [1.807, 2.05) is 67.6 Å². The van der Waals surface area contributed by atoms with Crippen LogP contribution in [-0.2, 0) is 0 Å². The summed E-state index contributed by atoms with van der Waals surface area (Å²) in [4.78, 5) is 19.7. The Hall–Kier alpha value is -3.46. The van der Waals surface area contributed by atoms with E-state index in [1.54, 1.807) is 0 Å². The molecule has 3 heteroatoms. The molecule has 0 saturated heterocycles. The minimum Gasteiger partial charge on any atom is -0.322 e. The fourth-order valence-electron chi connectivity index (χ4n) is 2.98. The Balaban J connectivity index is 1.88.